The van der Waals surface area contributed by atoms with Crippen LogP contribution in [0.1, 0.15) is 38.2 Å². The fourth-order valence-electron chi connectivity index (χ4n) is 3.26. The summed E-state index contributed by atoms with van der Waals surface area (Å²) in [6, 6.07) is 11.6. The molecule has 0 fully saturated rings. The number of pyridine rings is 1. The molecule has 6 nitrogen and oxygen atoms in total. The van der Waals surface area contributed by atoms with Gasteiger partial charge < -0.3 is 14.8 Å². The van der Waals surface area contributed by atoms with Crippen LogP contribution in [0.25, 0.3) is 11.0 Å². The van der Waals surface area contributed by atoms with E-state index < -0.39 is 0 Å². The highest BCUT2D eigenvalue weighted by Crippen LogP contribution is 2.19. The van der Waals surface area contributed by atoms with Gasteiger partial charge in [-0.05, 0) is 42.7 Å². The molecule has 3 aromatic rings. The second-order valence-electron chi connectivity index (χ2n) is 7.32. The van der Waals surface area contributed by atoms with E-state index in [-0.39, 0.29) is 12.1 Å². The van der Waals surface area contributed by atoms with Crippen LogP contribution in [-0.4, -0.2) is 32.0 Å². The van der Waals surface area contributed by atoms with Crippen molar-refractivity contribution in [3.63, 3.8) is 0 Å². The lowest BCUT2D eigenvalue weighted by molar-refractivity contribution is 0.184. The molecule has 0 aliphatic rings. The molecule has 1 aromatic carbocycles. The number of nitrogens with one attached hydrogen (secondary N) is 1. The summed E-state index contributed by atoms with van der Waals surface area (Å²) < 4.78 is 2.04. The third kappa shape index (κ3) is 4.45. The molecule has 2 amide bonds. The maximum atomic E-state index is 13.0. The van der Waals surface area contributed by atoms with Crippen molar-refractivity contribution in [1.29, 1.82) is 0 Å². The van der Waals surface area contributed by atoms with Crippen LogP contribution < -0.4 is 5.32 Å². The van der Waals surface area contributed by atoms with Gasteiger partial charge in [-0.1, -0.05) is 26.0 Å². The second-order valence-corrected chi connectivity index (χ2v) is 7.32. The molecule has 0 spiro atoms. The van der Waals surface area contributed by atoms with E-state index >= 15 is 0 Å². The Hall–Kier alpha value is -2.89. The van der Waals surface area contributed by atoms with Crippen molar-refractivity contribution < 1.29 is 4.79 Å². The number of nitrogens with zero attached hydrogens (tertiary/aromatic N) is 4. The Labute approximate surface area is 160 Å². The Bertz CT molecular complexity index is 903. The lowest BCUT2D eigenvalue weighted by atomic mass is 10.2. The smallest absolute Gasteiger partial charge is 0.318 e. The minimum Gasteiger partial charge on any atom is -0.329 e. The van der Waals surface area contributed by atoms with Crippen LogP contribution in [0.15, 0.2) is 48.8 Å². The number of para-hydroxylation sites is 2. The summed E-state index contributed by atoms with van der Waals surface area (Å²) in [5.41, 5.74) is 3.06. The SMILES string of the molecule is CC(C)CN(Cc1ccncc1)C(=O)N[C@@H](C)c1nc2ccccc2n1C. The summed E-state index contributed by atoms with van der Waals surface area (Å²) in [5, 5.41) is 3.11. The average Bonchev–Trinajstić information content (AvgIpc) is 2.99. The first-order valence-electron chi connectivity index (χ1n) is 9.31. The van der Waals surface area contributed by atoms with Gasteiger partial charge in [-0.2, -0.15) is 0 Å². The first-order chi connectivity index (χ1) is 13.0. The first kappa shape index (κ1) is 18.9. The van der Waals surface area contributed by atoms with E-state index in [0.717, 1.165) is 22.4 Å². The lowest BCUT2D eigenvalue weighted by Crippen LogP contribution is -2.42. The Morgan fingerprint density at radius 1 is 1.15 bits per heavy atom. The van der Waals surface area contributed by atoms with E-state index in [2.05, 4.69) is 24.1 Å². The van der Waals surface area contributed by atoms with Crippen LogP contribution in [0, 0.1) is 5.92 Å². The molecule has 0 radical (unpaired) electrons. The number of urea groups is 1. The van der Waals surface area contributed by atoms with Crippen molar-refractivity contribution in [1.82, 2.24) is 24.8 Å². The van der Waals surface area contributed by atoms with Crippen LogP contribution in [0.3, 0.4) is 0 Å². The van der Waals surface area contributed by atoms with Gasteiger partial charge in [0.2, 0.25) is 0 Å². The van der Waals surface area contributed by atoms with E-state index in [0.29, 0.717) is 19.0 Å². The molecule has 0 aliphatic heterocycles. The molecule has 142 valence electrons. The van der Waals surface area contributed by atoms with Crippen molar-refractivity contribution in [2.75, 3.05) is 6.54 Å². The van der Waals surface area contributed by atoms with Crippen molar-refractivity contribution in [3.05, 3.63) is 60.2 Å². The van der Waals surface area contributed by atoms with Crippen molar-refractivity contribution in [3.8, 4) is 0 Å². The number of carbonyl (C=O) groups is 1. The third-order valence-electron chi connectivity index (χ3n) is 4.54. The average molecular weight is 365 g/mol. The number of hydrogen-bond donors (Lipinski definition) is 1. The molecule has 6 heteroatoms. The highest BCUT2D eigenvalue weighted by Gasteiger charge is 2.21. The first-order valence-corrected chi connectivity index (χ1v) is 9.31. The summed E-state index contributed by atoms with van der Waals surface area (Å²) in [7, 11) is 1.98. The predicted octanol–water partition coefficient (Wildman–Crippen LogP) is 3.90. The van der Waals surface area contributed by atoms with E-state index in [1.165, 1.54) is 0 Å². The van der Waals surface area contributed by atoms with E-state index in [1.54, 1.807) is 12.4 Å². The number of aromatic nitrogens is 3. The highest BCUT2D eigenvalue weighted by molar-refractivity contribution is 5.77. The van der Waals surface area contributed by atoms with Crippen LogP contribution >= 0.6 is 0 Å². The molecule has 1 atom stereocenters. The van der Waals surface area contributed by atoms with Gasteiger partial charge in [-0.3, -0.25) is 4.98 Å². The maximum Gasteiger partial charge on any atom is 0.318 e. The summed E-state index contributed by atoms with van der Waals surface area (Å²) in [6.45, 7) is 7.44. The number of imidazole rings is 1. The molecule has 0 saturated carbocycles. The molecule has 2 heterocycles. The number of aryl methyl sites for hydroxylation is 1. The zero-order valence-corrected chi connectivity index (χ0v) is 16.4. The number of rotatable bonds is 6. The normalized spacial score (nSPS) is 12.3. The van der Waals surface area contributed by atoms with Gasteiger partial charge >= 0.3 is 6.03 Å². The van der Waals surface area contributed by atoms with Crippen LogP contribution in [0.2, 0.25) is 0 Å². The number of amides is 2. The minimum atomic E-state index is -0.193. The Balaban J connectivity index is 1.76. The molecular weight excluding hydrogens is 338 g/mol. The summed E-state index contributed by atoms with van der Waals surface area (Å²) in [5.74, 6) is 1.22. The van der Waals surface area contributed by atoms with Gasteiger partial charge in [0.05, 0.1) is 17.1 Å². The zero-order valence-electron chi connectivity index (χ0n) is 16.4. The summed E-state index contributed by atoms with van der Waals surface area (Å²) in [4.78, 5) is 23.5. The van der Waals surface area contributed by atoms with Gasteiger partial charge in [0.15, 0.2) is 0 Å². The van der Waals surface area contributed by atoms with Gasteiger partial charge in [-0.25, -0.2) is 9.78 Å². The van der Waals surface area contributed by atoms with Gasteiger partial charge in [0.1, 0.15) is 5.82 Å². The van der Waals surface area contributed by atoms with Gasteiger partial charge in [-0.15, -0.1) is 0 Å². The number of fused-ring (bicyclic) bond motifs is 1. The molecular formula is C21H27N5O. The second kappa shape index (κ2) is 8.20. The van der Waals surface area contributed by atoms with Crippen molar-refractivity contribution >= 4 is 17.1 Å². The number of carbonyl (C=O) groups excluding carboxylic acids is 1. The molecule has 0 bridgehead atoms. The maximum absolute atomic E-state index is 13.0. The third-order valence-corrected chi connectivity index (χ3v) is 4.54. The Morgan fingerprint density at radius 2 is 1.85 bits per heavy atom. The summed E-state index contributed by atoms with van der Waals surface area (Å²) in [6.07, 6.45) is 3.51. The predicted molar refractivity (Wildman–Crippen MR) is 107 cm³/mol. The molecule has 3 rings (SSSR count). The fourth-order valence-corrected chi connectivity index (χ4v) is 3.26. The van der Waals surface area contributed by atoms with Crippen molar-refractivity contribution in [2.45, 2.75) is 33.4 Å². The topological polar surface area (TPSA) is 63.1 Å². The Morgan fingerprint density at radius 3 is 2.52 bits per heavy atom. The Kier molecular flexibility index (Phi) is 5.74. The van der Waals surface area contributed by atoms with E-state index in [9.17, 15) is 4.79 Å². The van der Waals surface area contributed by atoms with Gasteiger partial charge in [0, 0.05) is 32.5 Å². The molecule has 27 heavy (non-hydrogen) atoms. The van der Waals surface area contributed by atoms with Crippen LogP contribution in [0.5, 0.6) is 0 Å². The van der Waals surface area contributed by atoms with E-state index in [1.807, 2.05) is 59.8 Å². The quantitative estimate of drug-likeness (QED) is 0.721. The molecule has 1 N–H and O–H groups in total. The fraction of sp³-hybridized carbons (Fsp3) is 0.381. The van der Waals surface area contributed by atoms with E-state index in [4.69, 9.17) is 4.98 Å². The molecule has 0 unspecified atom stereocenters. The highest BCUT2D eigenvalue weighted by atomic mass is 16.2. The number of hydrogen-bond acceptors (Lipinski definition) is 3. The van der Waals surface area contributed by atoms with Gasteiger partial charge in [0.25, 0.3) is 0 Å². The van der Waals surface area contributed by atoms with Crippen LogP contribution in [0.4, 0.5) is 4.79 Å². The lowest BCUT2D eigenvalue weighted by Gasteiger charge is -2.26. The molecule has 0 saturated heterocycles. The standard InChI is InChI=1S/C21H27N5O/c1-15(2)13-26(14-17-9-11-22-12-10-17)21(27)23-16(3)20-24-18-7-5-6-8-19(18)25(20)4/h5-12,15-16H,13-14H2,1-4H3,(H,23,27)/t16-/m0/s1. The minimum absolute atomic E-state index is 0.0833. The molecule has 2 aromatic heterocycles. The van der Waals surface area contributed by atoms with Crippen LogP contribution in [-0.2, 0) is 13.6 Å². The number of benzene rings is 1. The van der Waals surface area contributed by atoms with Crippen molar-refractivity contribution in [2.24, 2.45) is 13.0 Å². The largest absolute Gasteiger partial charge is 0.329 e. The summed E-state index contributed by atoms with van der Waals surface area (Å²) >= 11 is 0. The molecule has 0 aliphatic carbocycles. The monoisotopic (exact) mass is 365 g/mol. The zero-order chi connectivity index (χ0) is 19.4.